The van der Waals surface area contributed by atoms with Gasteiger partial charge in [0, 0.05) is 6.21 Å². The molecule has 0 aliphatic heterocycles. The normalized spacial score (nSPS) is 16.9. The average Bonchev–Trinajstić information content (AvgIpc) is 2.40. The number of carbonyl (C=O) groups is 1. The Labute approximate surface area is 107 Å². The van der Waals surface area contributed by atoms with Gasteiger partial charge in [0.1, 0.15) is 5.75 Å². The first-order valence-corrected chi connectivity index (χ1v) is 6.39. The highest BCUT2D eigenvalue weighted by Gasteiger charge is 2.12. The standard InChI is InChI=1S/C14H18N2O2/c17-13-9-5-4-8-12(13)14(18)16-15-10-11-6-2-1-3-7-11/h4-5,8-11,17H,1-3,6-7H2,(H,16,18)/b15-10-. The summed E-state index contributed by atoms with van der Waals surface area (Å²) >= 11 is 0. The molecule has 1 saturated carbocycles. The molecule has 0 atom stereocenters. The summed E-state index contributed by atoms with van der Waals surface area (Å²) in [6.45, 7) is 0. The van der Waals surface area contributed by atoms with Crippen LogP contribution < -0.4 is 5.43 Å². The quantitative estimate of drug-likeness (QED) is 0.636. The van der Waals surface area contributed by atoms with Crippen LogP contribution in [0.15, 0.2) is 29.4 Å². The van der Waals surface area contributed by atoms with Gasteiger partial charge in [0.05, 0.1) is 5.56 Å². The lowest BCUT2D eigenvalue weighted by atomic mass is 9.90. The van der Waals surface area contributed by atoms with E-state index in [4.69, 9.17) is 0 Å². The predicted molar refractivity (Wildman–Crippen MR) is 70.6 cm³/mol. The highest BCUT2D eigenvalue weighted by atomic mass is 16.3. The third kappa shape index (κ3) is 3.32. The Morgan fingerprint density at radius 1 is 1.28 bits per heavy atom. The van der Waals surface area contributed by atoms with Crippen molar-refractivity contribution in [3.63, 3.8) is 0 Å². The van der Waals surface area contributed by atoms with Gasteiger partial charge in [0.15, 0.2) is 0 Å². The average molecular weight is 246 g/mol. The minimum absolute atomic E-state index is 0.0251. The fraction of sp³-hybridized carbons (Fsp3) is 0.429. The van der Waals surface area contributed by atoms with Crippen LogP contribution in [0.4, 0.5) is 0 Å². The smallest absolute Gasteiger partial charge is 0.275 e. The number of hydrogen-bond donors (Lipinski definition) is 2. The maximum atomic E-state index is 11.7. The summed E-state index contributed by atoms with van der Waals surface area (Å²) in [5.41, 5.74) is 2.71. The molecule has 1 aliphatic carbocycles. The number of nitrogens with zero attached hydrogens (tertiary/aromatic N) is 1. The van der Waals surface area contributed by atoms with Crippen molar-refractivity contribution in [2.24, 2.45) is 11.0 Å². The van der Waals surface area contributed by atoms with Gasteiger partial charge in [-0.25, -0.2) is 5.43 Å². The topological polar surface area (TPSA) is 61.7 Å². The van der Waals surface area contributed by atoms with Crippen LogP contribution in [0.1, 0.15) is 42.5 Å². The van der Waals surface area contributed by atoms with Crippen molar-refractivity contribution < 1.29 is 9.90 Å². The molecule has 0 heterocycles. The molecule has 4 heteroatoms. The number of amides is 1. The molecule has 0 radical (unpaired) electrons. The van der Waals surface area contributed by atoms with Crippen molar-refractivity contribution in [2.75, 3.05) is 0 Å². The van der Waals surface area contributed by atoms with E-state index in [1.54, 1.807) is 18.2 Å². The second-order valence-electron chi connectivity index (χ2n) is 4.63. The molecule has 1 amide bonds. The Kier molecular flexibility index (Phi) is 4.34. The molecule has 1 fully saturated rings. The molecular weight excluding hydrogens is 228 g/mol. The number of hydrazone groups is 1. The van der Waals surface area contributed by atoms with E-state index in [-0.39, 0.29) is 17.2 Å². The number of aromatic hydroxyl groups is 1. The van der Waals surface area contributed by atoms with E-state index in [2.05, 4.69) is 10.5 Å². The third-order valence-electron chi connectivity index (χ3n) is 3.25. The molecule has 0 bridgehead atoms. The molecule has 1 aliphatic rings. The summed E-state index contributed by atoms with van der Waals surface area (Å²) in [6, 6.07) is 6.44. The maximum Gasteiger partial charge on any atom is 0.275 e. The molecule has 96 valence electrons. The highest BCUT2D eigenvalue weighted by molar-refractivity contribution is 5.96. The van der Waals surface area contributed by atoms with Crippen LogP contribution in [0.2, 0.25) is 0 Å². The summed E-state index contributed by atoms with van der Waals surface area (Å²) in [4.78, 5) is 11.7. The Bertz CT molecular complexity index is 437. The fourth-order valence-electron chi connectivity index (χ4n) is 2.21. The summed E-state index contributed by atoms with van der Waals surface area (Å²) in [5, 5.41) is 13.5. The molecule has 0 spiro atoms. The summed E-state index contributed by atoms with van der Waals surface area (Å²) in [6.07, 6.45) is 7.89. The fourth-order valence-corrected chi connectivity index (χ4v) is 2.21. The lowest BCUT2D eigenvalue weighted by Crippen LogP contribution is -2.19. The maximum absolute atomic E-state index is 11.7. The van der Waals surface area contributed by atoms with Crippen molar-refractivity contribution in [2.45, 2.75) is 32.1 Å². The van der Waals surface area contributed by atoms with Crippen molar-refractivity contribution in [3.8, 4) is 5.75 Å². The predicted octanol–water partition coefficient (Wildman–Crippen LogP) is 2.69. The van der Waals surface area contributed by atoms with Crippen LogP contribution in [0.25, 0.3) is 0 Å². The first-order valence-electron chi connectivity index (χ1n) is 6.39. The summed E-state index contributed by atoms with van der Waals surface area (Å²) in [5.74, 6) is 0.0754. The lowest BCUT2D eigenvalue weighted by molar-refractivity contribution is 0.0952. The zero-order valence-electron chi connectivity index (χ0n) is 10.3. The van der Waals surface area contributed by atoms with E-state index >= 15 is 0 Å². The van der Waals surface area contributed by atoms with Gasteiger partial charge in [-0.2, -0.15) is 5.10 Å². The van der Waals surface area contributed by atoms with Crippen LogP contribution in [-0.4, -0.2) is 17.2 Å². The van der Waals surface area contributed by atoms with Gasteiger partial charge < -0.3 is 5.11 Å². The molecule has 4 nitrogen and oxygen atoms in total. The summed E-state index contributed by atoms with van der Waals surface area (Å²) < 4.78 is 0. The van der Waals surface area contributed by atoms with Crippen LogP contribution in [0.3, 0.4) is 0 Å². The van der Waals surface area contributed by atoms with Gasteiger partial charge in [0.25, 0.3) is 5.91 Å². The molecular formula is C14H18N2O2. The Morgan fingerprint density at radius 3 is 2.72 bits per heavy atom. The Balaban J connectivity index is 1.88. The van der Waals surface area contributed by atoms with E-state index in [1.807, 2.05) is 6.21 Å². The number of benzene rings is 1. The van der Waals surface area contributed by atoms with Gasteiger partial charge >= 0.3 is 0 Å². The molecule has 2 N–H and O–H groups in total. The number of phenols is 1. The van der Waals surface area contributed by atoms with Crippen LogP contribution in [-0.2, 0) is 0 Å². The van der Waals surface area contributed by atoms with Gasteiger partial charge in [0.2, 0.25) is 0 Å². The molecule has 2 rings (SSSR count). The van der Waals surface area contributed by atoms with Gasteiger partial charge in [-0.05, 0) is 30.9 Å². The van der Waals surface area contributed by atoms with E-state index in [0.717, 1.165) is 12.8 Å². The highest BCUT2D eigenvalue weighted by Crippen LogP contribution is 2.21. The van der Waals surface area contributed by atoms with E-state index in [1.165, 1.54) is 25.3 Å². The van der Waals surface area contributed by atoms with Gasteiger partial charge in [-0.15, -0.1) is 0 Å². The van der Waals surface area contributed by atoms with Gasteiger partial charge in [-0.1, -0.05) is 31.4 Å². The van der Waals surface area contributed by atoms with Crippen LogP contribution in [0, 0.1) is 5.92 Å². The second kappa shape index (κ2) is 6.19. The Hall–Kier alpha value is -1.84. The molecule has 0 saturated heterocycles. The first kappa shape index (κ1) is 12.6. The number of para-hydroxylation sites is 1. The Morgan fingerprint density at radius 2 is 2.00 bits per heavy atom. The summed E-state index contributed by atoms with van der Waals surface area (Å²) in [7, 11) is 0. The lowest BCUT2D eigenvalue weighted by Gasteiger charge is -2.16. The van der Waals surface area contributed by atoms with Crippen molar-refractivity contribution in [1.29, 1.82) is 0 Å². The number of rotatable bonds is 3. The second-order valence-corrected chi connectivity index (χ2v) is 4.63. The van der Waals surface area contributed by atoms with Crippen LogP contribution >= 0.6 is 0 Å². The van der Waals surface area contributed by atoms with Gasteiger partial charge in [-0.3, -0.25) is 4.79 Å². The third-order valence-corrected chi connectivity index (χ3v) is 3.25. The molecule has 1 aromatic rings. The van der Waals surface area contributed by atoms with Crippen molar-refractivity contribution in [3.05, 3.63) is 29.8 Å². The van der Waals surface area contributed by atoms with E-state index < -0.39 is 0 Å². The van der Waals surface area contributed by atoms with E-state index in [0.29, 0.717) is 5.92 Å². The van der Waals surface area contributed by atoms with E-state index in [9.17, 15) is 9.90 Å². The number of hydrogen-bond acceptors (Lipinski definition) is 3. The molecule has 0 unspecified atom stereocenters. The first-order chi connectivity index (χ1) is 8.77. The zero-order chi connectivity index (χ0) is 12.8. The van der Waals surface area contributed by atoms with Crippen molar-refractivity contribution >= 4 is 12.1 Å². The SMILES string of the molecule is O=C(N/N=C\C1CCCCC1)c1ccccc1O. The monoisotopic (exact) mass is 246 g/mol. The molecule has 18 heavy (non-hydrogen) atoms. The minimum Gasteiger partial charge on any atom is -0.507 e. The largest absolute Gasteiger partial charge is 0.507 e. The molecule has 0 aromatic heterocycles. The van der Waals surface area contributed by atoms with Crippen LogP contribution in [0.5, 0.6) is 5.75 Å². The molecule has 1 aromatic carbocycles. The number of carbonyl (C=O) groups excluding carboxylic acids is 1. The number of nitrogens with one attached hydrogen (secondary N) is 1. The minimum atomic E-state index is -0.375. The van der Waals surface area contributed by atoms with Crippen molar-refractivity contribution in [1.82, 2.24) is 5.43 Å². The number of phenolic OH excluding ortho intramolecular Hbond substituents is 1. The zero-order valence-corrected chi connectivity index (χ0v) is 10.3.